The van der Waals surface area contributed by atoms with Gasteiger partial charge >= 0.3 is 0 Å². The molecule has 1 heterocycles. The number of unbranched alkanes of at least 4 members (excludes halogenated alkanes) is 1. The first-order valence-electron chi connectivity index (χ1n) is 6.38. The zero-order valence-corrected chi connectivity index (χ0v) is 13.0. The molecule has 0 amide bonds. The first-order valence-corrected chi connectivity index (χ1v) is 8.14. The Kier molecular flexibility index (Phi) is 7.14. The normalized spacial score (nSPS) is 14.7. The van der Waals surface area contributed by atoms with Crippen LogP contribution in [-0.4, -0.2) is 38.9 Å². The van der Waals surface area contributed by atoms with Gasteiger partial charge in [-0.1, -0.05) is 25.1 Å². The molecule has 104 valence electrons. The van der Waals surface area contributed by atoms with Crippen LogP contribution in [0.1, 0.15) is 38.9 Å². The first-order chi connectivity index (χ1) is 8.59. The van der Waals surface area contributed by atoms with Crippen molar-refractivity contribution in [1.29, 1.82) is 0 Å². The van der Waals surface area contributed by atoms with Crippen LogP contribution >= 0.6 is 23.3 Å². The van der Waals surface area contributed by atoms with Crippen molar-refractivity contribution in [2.45, 2.75) is 49.9 Å². The van der Waals surface area contributed by atoms with Gasteiger partial charge in [0.2, 0.25) is 0 Å². The van der Waals surface area contributed by atoms with Crippen molar-refractivity contribution in [3.63, 3.8) is 0 Å². The van der Waals surface area contributed by atoms with Gasteiger partial charge in [0, 0.05) is 11.3 Å². The van der Waals surface area contributed by atoms with Crippen molar-refractivity contribution in [3.8, 4) is 0 Å². The van der Waals surface area contributed by atoms with Crippen molar-refractivity contribution in [1.82, 2.24) is 14.7 Å². The molecule has 0 aliphatic heterocycles. The number of aliphatic hydroxyl groups is 1. The molecule has 1 aromatic rings. The zero-order valence-electron chi connectivity index (χ0n) is 11.4. The molecule has 0 bridgehead atoms. The highest BCUT2D eigenvalue weighted by Crippen LogP contribution is 2.22. The van der Waals surface area contributed by atoms with E-state index in [0.29, 0.717) is 0 Å². The number of hydrogen-bond donors (Lipinski definition) is 2. The number of aryl methyl sites for hydroxylation is 1. The van der Waals surface area contributed by atoms with Crippen LogP contribution in [0.2, 0.25) is 0 Å². The number of aliphatic hydroxyl groups excluding tert-OH is 1. The molecule has 0 fully saturated rings. The predicted molar refractivity (Wildman–Crippen MR) is 78.4 cm³/mol. The largest absolute Gasteiger partial charge is 0.394 e. The van der Waals surface area contributed by atoms with Crippen LogP contribution in [0, 0.1) is 6.92 Å². The standard InChI is InChI=1S/C12H23N3OS2/c1-4-13-12(3,9-16)7-5-6-8-17-11-14-10(2)15-18-11/h13,16H,4-9H2,1-3H3. The Hall–Kier alpha value is -0.170. The van der Waals surface area contributed by atoms with E-state index in [9.17, 15) is 5.11 Å². The summed E-state index contributed by atoms with van der Waals surface area (Å²) in [5.74, 6) is 1.94. The van der Waals surface area contributed by atoms with E-state index >= 15 is 0 Å². The lowest BCUT2D eigenvalue weighted by Crippen LogP contribution is -2.45. The average Bonchev–Trinajstić information content (AvgIpc) is 2.75. The summed E-state index contributed by atoms with van der Waals surface area (Å²) in [5.41, 5.74) is -0.126. The minimum absolute atomic E-state index is 0.126. The van der Waals surface area contributed by atoms with E-state index < -0.39 is 0 Å². The van der Waals surface area contributed by atoms with Gasteiger partial charge in [0.25, 0.3) is 0 Å². The number of aromatic nitrogens is 2. The second-order valence-electron chi connectivity index (χ2n) is 4.66. The van der Waals surface area contributed by atoms with Crippen LogP contribution in [0.15, 0.2) is 4.34 Å². The number of rotatable bonds is 9. The number of likely N-dealkylation sites (N-methyl/N-ethyl adjacent to an activating group) is 1. The van der Waals surface area contributed by atoms with Crippen LogP contribution in [0.25, 0.3) is 0 Å². The highest BCUT2D eigenvalue weighted by molar-refractivity contribution is 8.00. The van der Waals surface area contributed by atoms with E-state index in [-0.39, 0.29) is 12.1 Å². The highest BCUT2D eigenvalue weighted by Gasteiger charge is 2.20. The number of nitrogens with one attached hydrogen (secondary N) is 1. The van der Waals surface area contributed by atoms with Crippen LogP contribution in [0.5, 0.6) is 0 Å². The van der Waals surface area contributed by atoms with E-state index in [1.54, 1.807) is 11.8 Å². The highest BCUT2D eigenvalue weighted by atomic mass is 32.2. The maximum atomic E-state index is 9.37. The molecule has 1 atom stereocenters. The Morgan fingerprint density at radius 1 is 1.44 bits per heavy atom. The maximum Gasteiger partial charge on any atom is 0.170 e. The molecule has 18 heavy (non-hydrogen) atoms. The van der Waals surface area contributed by atoms with Crippen LogP contribution < -0.4 is 5.32 Å². The van der Waals surface area contributed by atoms with Gasteiger partial charge in [0.15, 0.2) is 4.34 Å². The summed E-state index contributed by atoms with van der Waals surface area (Å²) in [5, 5.41) is 12.7. The minimum Gasteiger partial charge on any atom is -0.394 e. The predicted octanol–water partition coefficient (Wildman–Crippen LogP) is 2.47. The maximum absolute atomic E-state index is 9.37. The molecule has 6 heteroatoms. The average molecular weight is 289 g/mol. The van der Waals surface area contributed by atoms with Crippen molar-refractivity contribution < 1.29 is 5.11 Å². The third-order valence-corrected chi connectivity index (χ3v) is 4.82. The second-order valence-corrected chi connectivity index (χ2v) is 6.76. The summed E-state index contributed by atoms with van der Waals surface area (Å²) in [6.07, 6.45) is 3.27. The van der Waals surface area contributed by atoms with Crippen molar-refractivity contribution in [2.24, 2.45) is 0 Å². The van der Waals surface area contributed by atoms with E-state index in [4.69, 9.17) is 0 Å². The smallest absolute Gasteiger partial charge is 0.170 e. The fourth-order valence-electron chi connectivity index (χ4n) is 1.76. The van der Waals surface area contributed by atoms with Crippen molar-refractivity contribution in [2.75, 3.05) is 18.9 Å². The Morgan fingerprint density at radius 2 is 2.22 bits per heavy atom. The molecule has 1 unspecified atom stereocenters. The monoisotopic (exact) mass is 289 g/mol. The summed E-state index contributed by atoms with van der Waals surface area (Å²) in [7, 11) is 0. The lowest BCUT2D eigenvalue weighted by molar-refractivity contribution is 0.165. The van der Waals surface area contributed by atoms with Gasteiger partial charge in [-0.3, -0.25) is 0 Å². The molecule has 2 N–H and O–H groups in total. The number of thioether (sulfide) groups is 1. The topological polar surface area (TPSA) is 58.0 Å². The van der Waals surface area contributed by atoms with Crippen molar-refractivity contribution >= 4 is 23.3 Å². The third kappa shape index (κ3) is 5.65. The quantitative estimate of drug-likeness (QED) is 0.540. The third-order valence-electron chi connectivity index (χ3n) is 2.81. The van der Waals surface area contributed by atoms with Gasteiger partial charge in [-0.15, -0.1) is 0 Å². The summed E-state index contributed by atoms with van der Waals surface area (Å²) in [6.45, 7) is 7.17. The molecule has 0 saturated heterocycles. The molecule has 0 aliphatic carbocycles. The minimum atomic E-state index is -0.126. The molecule has 0 spiro atoms. The van der Waals surface area contributed by atoms with E-state index in [2.05, 4.69) is 28.5 Å². The molecule has 0 aliphatic rings. The van der Waals surface area contributed by atoms with Gasteiger partial charge in [0.05, 0.1) is 6.61 Å². The molecule has 1 aromatic heterocycles. The van der Waals surface area contributed by atoms with Gasteiger partial charge in [-0.25, -0.2) is 4.98 Å². The van der Waals surface area contributed by atoms with E-state index in [1.807, 2.05) is 6.92 Å². The summed E-state index contributed by atoms with van der Waals surface area (Å²) in [4.78, 5) is 4.32. The lowest BCUT2D eigenvalue weighted by atomic mass is 9.96. The molecular formula is C12H23N3OS2. The Bertz CT molecular complexity index is 346. The van der Waals surface area contributed by atoms with Crippen molar-refractivity contribution in [3.05, 3.63) is 5.82 Å². The summed E-state index contributed by atoms with van der Waals surface area (Å²) < 4.78 is 5.22. The number of nitrogens with zero attached hydrogens (tertiary/aromatic N) is 2. The molecule has 4 nitrogen and oxygen atoms in total. The van der Waals surface area contributed by atoms with Gasteiger partial charge in [-0.05, 0) is 44.8 Å². The Morgan fingerprint density at radius 3 is 2.78 bits per heavy atom. The zero-order chi connectivity index (χ0) is 13.4. The molecule has 0 saturated carbocycles. The first kappa shape index (κ1) is 15.9. The van der Waals surface area contributed by atoms with Crippen LogP contribution in [0.4, 0.5) is 0 Å². The van der Waals surface area contributed by atoms with E-state index in [1.165, 1.54) is 11.5 Å². The SMILES string of the molecule is CCNC(C)(CO)CCCCSc1nc(C)ns1. The Labute approximate surface area is 118 Å². The Balaban J connectivity index is 2.14. The molecule has 0 radical (unpaired) electrons. The fraction of sp³-hybridized carbons (Fsp3) is 0.833. The summed E-state index contributed by atoms with van der Waals surface area (Å²) in [6, 6.07) is 0. The fourth-order valence-corrected chi connectivity index (χ4v) is 3.48. The number of hydrogen-bond acceptors (Lipinski definition) is 6. The van der Waals surface area contributed by atoms with E-state index in [0.717, 1.165) is 41.7 Å². The lowest BCUT2D eigenvalue weighted by Gasteiger charge is -2.28. The summed E-state index contributed by atoms with van der Waals surface area (Å²) >= 11 is 3.25. The van der Waals surface area contributed by atoms with Crippen LogP contribution in [-0.2, 0) is 0 Å². The van der Waals surface area contributed by atoms with Gasteiger partial charge in [0.1, 0.15) is 5.82 Å². The molecule has 1 rings (SSSR count). The molecule has 0 aromatic carbocycles. The van der Waals surface area contributed by atoms with Gasteiger partial charge in [-0.2, -0.15) is 4.37 Å². The molecular weight excluding hydrogens is 266 g/mol. The second kappa shape index (κ2) is 8.09. The van der Waals surface area contributed by atoms with Crippen LogP contribution in [0.3, 0.4) is 0 Å². The van der Waals surface area contributed by atoms with Gasteiger partial charge < -0.3 is 10.4 Å².